The topological polar surface area (TPSA) is 73.2 Å². The van der Waals surface area contributed by atoms with E-state index in [1.807, 2.05) is 32.9 Å². The second kappa shape index (κ2) is 8.32. The molecule has 0 aliphatic carbocycles. The second-order valence-corrected chi connectivity index (χ2v) is 8.40. The number of thiophene rings is 1. The number of amides is 1. The van der Waals surface area contributed by atoms with Gasteiger partial charge >= 0.3 is 0 Å². The number of ether oxygens (including phenoxy) is 1. The fraction of sp³-hybridized carbons (Fsp3) is 0.350. The molecule has 2 aromatic heterocycles. The number of methoxy groups -OCH3 is 1. The van der Waals surface area contributed by atoms with Gasteiger partial charge in [-0.05, 0) is 50.5 Å². The first kappa shape index (κ1) is 20.4. The zero-order valence-electron chi connectivity index (χ0n) is 16.2. The maximum Gasteiger partial charge on any atom is 0.285 e. The van der Waals surface area contributed by atoms with Crippen LogP contribution in [-0.2, 0) is 17.8 Å². The first-order valence-electron chi connectivity index (χ1n) is 8.87. The monoisotopic (exact) mass is 419 g/mol. The molecule has 8 heteroatoms. The summed E-state index contributed by atoms with van der Waals surface area (Å²) in [6.45, 7) is 5.72. The highest BCUT2D eigenvalue weighted by Gasteiger charge is 2.15. The molecule has 0 aliphatic heterocycles. The summed E-state index contributed by atoms with van der Waals surface area (Å²) < 4.78 is 6.99. The molecular formula is C20H22ClN3O3S. The van der Waals surface area contributed by atoms with E-state index in [0.717, 1.165) is 21.4 Å². The number of hydrogen-bond donors (Lipinski definition) is 1. The predicted octanol–water partition coefficient (Wildman–Crippen LogP) is 3.48. The van der Waals surface area contributed by atoms with Crippen LogP contribution in [0, 0.1) is 13.8 Å². The minimum absolute atomic E-state index is 0.120. The lowest BCUT2D eigenvalue weighted by molar-refractivity contribution is -0.122. The van der Waals surface area contributed by atoms with Gasteiger partial charge < -0.3 is 10.1 Å². The summed E-state index contributed by atoms with van der Waals surface area (Å²) >= 11 is 7.70. The molecule has 6 nitrogen and oxygen atoms in total. The minimum atomic E-state index is -0.268. The Labute approximate surface area is 172 Å². The molecule has 0 spiro atoms. The predicted molar refractivity (Wildman–Crippen MR) is 113 cm³/mol. The highest BCUT2D eigenvalue weighted by Crippen LogP contribution is 2.26. The third-order valence-corrected chi connectivity index (χ3v) is 6.24. The smallest absolute Gasteiger partial charge is 0.285 e. The first-order chi connectivity index (χ1) is 13.3. The van der Waals surface area contributed by atoms with E-state index in [9.17, 15) is 9.59 Å². The Kier molecular flexibility index (Phi) is 6.05. The van der Waals surface area contributed by atoms with Crippen molar-refractivity contribution in [2.75, 3.05) is 7.11 Å². The van der Waals surface area contributed by atoms with E-state index >= 15 is 0 Å². The number of nitrogens with one attached hydrogen (secondary N) is 1. The van der Waals surface area contributed by atoms with Gasteiger partial charge in [0.1, 0.15) is 17.0 Å². The molecule has 148 valence electrons. The SMILES string of the molecule is COc1ccc(CC(C)NC(=O)Cn2ncc3c(C)c(C)sc3c2=O)c(Cl)c1. The van der Waals surface area contributed by atoms with Crippen LogP contribution >= 0.6 is 22.9 Å². The van der Waals surface area contributed by atoms with Gasteiger partial charge in [-0.1, -0.05) is 17.7 Å². The number of rotatable bonds is 6. The molecule has 1 amide bonds. The molecule has 0 bridgehead atoms. The van der Waals surface area contributed by atoms with Crippen molar-refractivity contribution in [3.63, 3.8) is 0 Å². The summed E-state index contributed by atoms with van der Waals surface area (Å²) in [4.78, 5) is 26.1. The third kappa shape index (κ3) is 4.20. The molecule has 0 radical (unpaired) electrons. The molecule has 3 aromatic rings. The maximum atomic E-state index is 12.6. The molecule has 1 unspecified atom stereocenters. The van der Waals surface area contributed by atoms with Crippen LogP contribution in [0.2, 0.25) is 5.02 Å². The highest BCUT2D eigenvalue weighted by atomic mass is 35.5. The van der Waals surface area contributed by atoms with Crippen LogP contribution < -0.4 is 15.6 Å². The summed E-state index contributed by atoms with van der Waals surface area (Å²) in [7, 11) is 1.58. The van der Waals surface area contributed by atoms with E-state index in [0.29, 0.717) is 21.9 Å². The maximum absolute atomic E-state index is 12.6. The Hall–Kier alpha value is -2.38. The minimum Gasteiger partial charge on any atom is -0.497 e. The van der Waals surface area contributed by atoms with Crippen molar-refractivity contribution >= 4 is 38.9 Å². The van der Waals surface area contributed by atoms with Gasteiger partial charge in [0.05, 0.1) is 13.3 Å². The number of halogens is 1. The summed E-state index contributed by atoms with van der Waals surface area (Å²) in [5.74, 6) is 0.418. The molecule has 0 saturated heterocycles. The van der Waals surface area contributed by atoms with E-state index in [1.165, 1.54) is 16.0 Å². The van der Waals surface area contributed by atoms with E-state index in [1.54, 1.807) is 19.4 Å². The van der Waals surface area contributed by atoms with Crippen LogP contribution in [0.5, 0.6) is 5.75 Å². The fourth-order valence-electron chi connectivity index (χ4n) is 3.03. The van der Waals surface area contributed by atoms with Crippen molar-refractivity contribution in [1.29, 1.82) is 0 Å². The Morgan fingerprint density at radius 3 is 2.82 bits per heavy atom. The average Bonchev–Trinajstić information content (AvgIpc) is 2.94. The van der Waals surface area contributed by atoms with Gasteiger partial charge in [-0.15, -0.1) is 11.3 Å². The first-order valence-corrected chi connectivity index (χ1v) is 10.1. The van der Waals surface area contributed by atoms with Gasteiger partial charge in [0.25, 0.3) is 5.56 Å². The van der Waals surface area contributed by atoms with Crippen molar-refractivity contribution in [2.24, 2.45) is 0 Å². The standard InChI is InChI=1S/C20H22ClN3O3S/c1-11(7-14-5-6-15(27-4)8-17(14)21)23-18(25)10-24-20(26)19-16(9-22-24)12(2)13(3)28-19/h5-6,8-9,11H,7,10H2,1-4H3,(H,23,25). The number of benzene rings is 1. The van der Waals surface area contributed by atoms with Crippen molar-refractivity contribution in [3.05, 3.63) is 55.8 Å². The summed E-state index contributed by atoms with van der Waals surface area (Å²) in [6, 6.07) is 5.31. The lowest BCUT2D eigenvalue weighted by atomic mass is 10.1. The number of carbonyl (C=O) groups excluding carboxylic acids is 1. The molecule has 1 aromatic carbocycles. The average molecular weight is 420 g/mol. The van der Waals surface area contributed by atoms with Crippen LogP contribution in [0.25, 0.3) is 10.1 Å². The van der Waals surface area contributed by atoms with Gasteiger partial charge in [0.2, 0.25) is 5.91 Å². The zero-order valence-corrected chi connectivity index (χ0v) is 17.8. The van der Waals surface area contributed by atoms with Crippen LogP contribution in [0.3, 0.4) is 0 Å². The number of nitrogens with zero attached hydrogens (tertiary/aromatic N) is 2. The molecule has 1 N–H and O–H groups in total. The summed E-state index contributed by atoms with van der Waals surface area (Å²) in [6.07, 6.45) is 2.22. The molecule has 1 atom stereocenters. The van der Waals surface area contributed by atoms with Gasteiger partial charge in [-0.2, -0.15) is 5.10 Å². The summed E-state index contributed by atoms with van der Waals surface area (Å²) in [5.41, 5.74) is 1.74. The third-order valence-electron chi connectivity index (χ3n) is 4.67. The van der Waals surface area contributed by atoms with Crippen LogP contribution in [0.1, 0.15) is 22.9 Å². The Bertz CT molecular complexity index is 1090. The molecule has 2 heterocycles. The molecule has 0 fully saturated rings. The van der Waals surface area contributed by atoms with E-state index in [-0.39, 0.29) is 24.1 Å². The quantitative estimate of drug-likeness (QED) is 0.663. The summed E-state index contributed by atoms with van der Waals surface area (Å²) in [5, 5.41) is 8.50. The van der Waals surface area contributed by atoms with E-state index in [2.05, 4.69) is 10.4 Å². The highest BCUT2D eigenvalue weighted by molar-refractivity contribution is 7.19. The number of aryl methyl sites for hydroxylation is 2. The Morgan fingerprint density at radius 2 is 2.14 bits per heavy atom. The van der Waals surface area contributed by atoms with E-state index in [4.69, 9.17) is 16.3 Å². The van der Waals surface area contributed by atoms with Crippen molar-refractivity contribution < 1.29 is 9.53 Å². The number of hydrogen-bond acceptors (Lipinski definition) is 5. The molecule has 0 aliphatic rings. The molecule has 3 rings (SSSR count). The van der Waals surface area contributed by atoms with Crippen LogP contribution in [0.4, 0.5) is 0 Å². The van der Waals surface area contributed by atoms with Crippen LogP contribution in [-0.4, -0.2) is 28.8 Å². The van der Waals surface area contributed by atoms with Crippen molar-refractivity contribution in [1.82, 2.24) is 15.1 Å². The normalized spacial score (nSPS) is 12.2. The van der Waals surface area contributed by atoms with Crippen molar-refractivity contribution in [3.8, 4) is 5.75 Å². The molecular weight excluding hydrogens is 398 g/mol. The van der Waals surface area contributed by atoms with Gasteiger partial charge in [0.15, 0.2) is 0 Å². The van der Waals surface area contributed by atoms with Crippen molar-refractivity contribution in [2.45, 2.75) is 39.8 Å². The Morgan fingerprint density at radius 1 is 1.39 bits per heavy atom. The molecule has 0 saturated carbocycles. The number of fused-ring (bicyclic) bond motifs is 1. The number of carbonyl (C=O) groups is 1. The fourth-order valence-corrected chi connectivity index (χ4v) is 4.35. The largest absolute Gasteiger partial charge is 0.497 e. The van der Waals surface area contributed by atoms with Gasteiger partial charge in [-0.3, -0.25) is 9.59 Å². The lowest BCUT2D eigenvalue weighted by Crippen LogP contribution is -2.39. The van der Waals surface area contributed by atoms with Gasteiger partial charge in [-0.25, -0.2) is 4.68 Å². The Balaban J connectivity index is 1.68. The second-order valence-electron chi connectivity index (χ2n) is 6.76. The molecule has 28 heavy (non-hydrogen) atoms. The van der Waals surface area contributed by atoms with Gasteiger partial charge in [0, 0.05) is 21.3 Å². The number of aromatic nitrogens is 2. The van der Waals surface area contributed by atoms with Crippen LogP contribution in [0.15, 0.2) is 29.2 Å². The van der Waals surface area contributed by atoms with E-state index < -0.39 is 0 Å². The zero-order chi connectivity index (χ0) is 20.4. The lowest BCUT2D eigenvalue weighted by Gasteiger charge is -2.15.